The SMILES string of the molecule is Cc1ccc2c(N3c4ccccc4Sc4cc5c(cc43)sc3c4ccccc4c4ccccc4c53)c3cc(C)ccc3c(N3c4ccccc4Sc4cc5c(cc43)sc3c4ccccc4c4ccccc4c53)c2c1. The Morgan fingerprint density at radius 1 is 0.270 bits per heavy atom. The molecule has 0 unspecified atom stereocenters. The van der Waals surface area contributed by atoms with Gasteiger partial charge in [-0.3, -0.25) is 0 Å². The van der Waals surface area contributed by atoms with E-state index in [0.717, 1.165) is 0 Å². The molecule has 2 aliphatic rings. The van der Waals surface area contributed by atoms with Crippen molar-refractivity contribution >= 4 is 185 Å². The number of nitrogens with zero attached hydrogens (tertiary/aromatic N) is 2. The predicted octanol–water partition coefficient (Wildman–Crippen LogP) is 21.8. The summed E-state index contributed by atoms with van der Waals surface area (Å²) >= 11 is 7.67. The van der Waals surface area contributed by atoms with Gasteiger partial charge in [0.1, 0.15) is 0 Å². The molecule has 0 fully saturated rings. The van der Waals surface area contributed by atoms with Crippen molar-refractivity contribution in [3.63, 3.8) is 0 Å². The topological polar surface area (TPSA) is 6.48 Å². The quantitative estimate of drug-likeness (QED) is 0.126. The number of para-hydroxylation sites is 2. The second-order valence-electron chi connectivity index (χ2n) is 20.0. The van der Waals surface area contributed by atoms with Gasteiger partial charge in [0, 0.05) is 92.2 Å². The molecule has 15 aromatic rings. The molecular formula is C68H40N2S4. The standard InChI is InChI=1S/C68H40N2S4/c1-37-27-29-45-49(31-37)65(69-53-23-11-13-25-57(53)71-61-33-51-59(35-55(61)69)73-67-47-21-9-5-17-41(47)39-15-3-7-19-43(39)63(51)67)46-30-28-38(2)32-50(46)66(45)70-54-24-12-14-26-58(54)72-62-34-52-60(36-56(62)70)74-68-48-22-10-6-18-42(48)40-16-4-8-20-44(40)64(52)68/h3-36H,1-2H3. The van der Waals surface area contributed by atoms with Crippen LogP contribution in [-0.4, -0.2) is 0 Å². The zero-order valence-corrected chi connectivity index (χ0v) is 43.4. The van der Waals surface area contributed by atoms with Crippen molar-refractivity contribution in [3.8, 4) is 0 Å². The van der Waals surface area contributed by atoms with Gasteiger partial charge in [-0.15, -0.1) is 22.7 Å². The van der Waals surface area contributed by atoms with Crippen molar-refractivity contribution < 1.29 is 0 Å². The number of aryl methyl sites for hydroxylation is 2. The monoisotopic (exact) mass is 1010 g/mol. The fraction of sp³-hybridized carbons (Fsp3) is 0.0294. The minimum Gasteiger partial charge on any atom is -0.307 e. The van der Waals surface area contributed by atoms with Crippen LogP contribution in [0.1, 0.15) is 11.1 Å². The van der Waals surface area contributed by atoms with E-state index in [1.807, 2.05) is 46.2 Å². The minimum atomic E-state index is 1.20. The van der Waals surface area contributed by atoms with Crippen LogP contribution in [0.4, 0.5) is 34.1 Å². The third-order valence-electron chi connectivity index (χ3n) is 15.8. The maximum atomic E-state index is 2.62. The Bertz CT molecular complexity index is 4710. The fourth-order valence-electron chi connectivity index (χ4n) is 12.7. The van der Waals surface area contributed by atoms with Crippen LogP contribution in [0.5, 0.6) is 0 Å². The zero-order chi connectivity index (χ0) is 48.5. The average Bonchev–Trinajstić information content (AvgIpc) is 4.01. The molecule has 0 radical (unpaired) electrons. The second-order valence-corrected chi connectivity index (χ2v) is 24.3. The van der Waals surface area contributed by atoms with Crippen LogP contribution >= 0.6 is 46.2 Å². The Labute approximate surface area is 442 Å². The number of thiophene rings is 2. The van der Waals surface area contributed by atoms with Gasteiger partial charge in [0.15, 0.2) is 0 Å². The molecule has 0 saturated carbocycles. The van der Waals surface area contributed by atoms with E-state index in [-0.39, 0.29) is 0 Å². The van der Waals surface area contributed by atoms with Gasteiger partial charge in [-0.1, -0.05) is 180 Å². The average molecular weight is 1010 g/mol. The molecule has 74 heavy (non-hydrogen) atoms. The first-order valence-electron chi connectivity index (χ1n) is 25.2. The molecule has 17 rings (SSSR count). The lowest BCUT2D eigenvalue weighted by Crippen LogP contribution is -2.18. The van der Waals surface area contributed by atoms with Crippen molar-refractivity contribution in [1.29, 1.82) is 0 Å². The number of anilines is 6. The highest BCUT2D eigenvalue weighted by Crippen LogP contribution is 2.61. The van der Waals surface area contributed by atoms with Gasteiger partial charge in [-0.2, -0.15) is 0 Å². The van der Waals surface area contributed by atoms with Gasteiger partial charge < -0.3 is 9.80 Å². The Morgan fingerprint density at radius 2 is 0.635 bits per heavy atom. The molecule has 0 atom stereocenters. The molecule has 2 aliphatic heterocycles. The molecule has 0 aliphatic carbocycles. The smallest absolute Gasteiger partial charge is 0.0621 e. The number of hydrogen-bond donors (Lipinski definition) is 0. The van der Waals surface area contributed by atoms with Crippen molar-refractivity contribution in [2.45, 2.75) is 33.4 Å². The first-order chi connectivity index (χ1) is 36.5. The van der Waals surface area contributed by atoms with Crippen LogP contribution in [0, 0.1) is 13.8 Å². The van der Waals surface area contributed by atoms with Gasteiger partial charge in [0.25, 0.3) is 0 Å². The first-order valence-corrected chi connectivity index (χ1v) is 28.5. The highest BCUT2D eigenvalue weighted by Gasteiger charge is 2.34. The third-order valence-corrected chi connectivity index (χ3v) is 20.4. The predicted molar refractivity (Wildman–Crippen MR) is 324 cm³/mol. The van der Waals surface area contributed by atoms with E-state index in [9.17, 15) is 0 Å². The van der Waals surface area contributed by atoms with Crippen molar-refractivity contribution in [2.75, 3.05) is 9.80 Å². The van der Waals surface area contributed by atoms with E-state index in [1.165, 1.54) is 170 Å². The zero-order valence-electron chi connectivity index (χ0n) is 40.2. The van der Waals surface area contributed by atoms with E-state index in [4.69, 9.17) is 0 Å². The van der Waals surface area contributed by atoms with Crippen LogP contribution < -0.4 is 9.80 Å². The lowest BCUT2D eigenvalue weighted by atomic mass is 9.93. The molecular weight excluding hydrogens is 973 g/mol. The van der Waals surface area contributed by atoms with E-state index in [0.29, 0.717) is 0 Å². The largest absolute Gasteiger partial charge is 0.307 e. The summed E-state index contributed by atoms with van der Waals surface area (Å²) in [5.74, 6) is 0. The molecule has 0 spiro atoms. The Kier molecular flexibility index (Phi) is 8.64. The molecule has 2 aromatic heterocycles. The molecule has 0 saturated heterocycles. The summed E-state index contributed by atoms with van der Waals surface area (Å²) in [5, 5.41) is 20.8. The molecule has 0 N–H and O–H groups in total. The summed E-state index contributed by atoms with van der Waals surface area (Å²) in [5.41, 5.74) is 9.74. The molecule has 0 amide bonds. The summed E-state index contributed by atoms with van der Waals surface area (Å²) in [4.78, 5) is 10.3. The minimum absolute atomic E-state index is 1.20. The lowest BCUT2D eigenvalue weighted by molar-refractivity contribution is 1.18. The van der Waals surface area contributed by atoms with Crippen molar-refractivity contribution in [2.24, 2.45) is 0 Å². The number of hydrogen-bond acceptors (Lipinski definition) is 6. The maximum absolute atomic E-state index is 2.62. The lowest BCUT2D eigenvalue weighted by Gasteiger charge is -2.38. The van der Waals surface area contributed by atoms with Gasteiger partial charge in [0.2, 0.25) is 0 Å². The highest BCUT2D eigenvalue weighted by atomic mass is 32.2. The van der Waals surface area contributed by atoms with E-state index < -0.39 is 0 Å². The summed E-state index contributed by atoms with van der Waals surface area (Å²) in [6.45, 7) is 4.50. The molecule has 4 heterocycles. The molecule has 13 aromatic carbocycles. The normalized spacial score (nSPS) is 13.4. The summed E-state index contributed by atoms with van der Waals surface area (Å²) in [6.07, 6.45) is 0. The Hall–Kier alpha value is -7.84. The van der Waals surface area contributed by atoms with Crippen LogP contribution in [0.25, 0.3) is 105 Å². The maximum Gasteiger partial charge on any atom is 0.0621 e. The summed E-state index contributed by atoms with van der Waals surface area (Å²) < 4.78 is 5.31. The molecule has 2 nitrogen and oxygen atoms in total. The van der Waals surface area contributed by atoms with Gasteiger partial charge in [0.05, 0.1) is 34.1 Å². The summed E-state index contributed by atoms with van der Waals surface area (Å²) in [7, 11) is 0. The van der Waals surface area contributed by atoms with Crippen LogP contribution in [-0.2, 0) is 0 Å². The first kappa shape index (κ1) is 41.6. The van der Waals surface area contributed by atoms with Crippen LogP contribution in [0.3, 0.4) is 0 Å². The van der Waals surface area contributed by atoms with Gasteiger partial charge in [-0.25, -0.2) is 0 Å². The van der Waals surface area contributed by atoms with E-state index in [1.54, 1.807) is 0 Å². The summed E-state index contributed by atoms with van der Waals surface area (Å²) in [6, 6.07) is 78.4. The Balaban J connectivity index is 0.961. The van der Waals surface area contributed by atoms with E-state index in [2.05, 4.69) is 230 Å². The van der Waals surface area contributed by atoms with Crippen LogP contribution in [0.15, 0.2) is 226 Å². The molecule has 0 bridgehead atoms. The number of benzene rings is 13. The fourth-order valence-corrected chi connectivity index (χ4v) is 17.4. The molecule has 346 valence electrons. The van der Waals surface area contributed by atoms with E-state index >= 15 is 0 Å². The van der Waals surface area contributed by atoms with Gasteiger partial charge >= 0.3 is 0 Å². The Morgan fingerprint density at radius 3 is 1.07 bits per heavy atom. The van der Waals surface area contributed by atoms with Gasteiger partial charge in [-0.05, 0) is 107 Å². The number of rotatable bonds is 2. The second kappa shape index (κ2) is 15.4. The number of fused-ring (bicyclic) bond motifs is 22. The van der Waals surface area contributed by atoms with Crippen LogP contribution in [0.2, 0.25) is 0 Å². The van der Waals surface area contributed by atoms with Crippen molar-refractivity contribution in [3.05, 3.63) is 217 Å². The molecule has 6 heteroatoms. The third kappa shape index (κ3) is 5.69. The highest BCUT2D eigenvalue weighted by molar-refractivity contribution is 8.00. The van der Waals surface area contributed by atoms with Crippen molar-refractivity contribution in [1.82, 2.24) is 0 Å².